The minimum atomic E-state index is 0.666. The number of nitrogens with one attached hydrogen (secondary N) is 3. The van der Waals surface area contributed by atoms with E-state index in [9.17, 15) is 0 Å². The first-order valence-corrected chi connectivity index (χ1v) is 8.05. The predicted octanol–water partition coefficient (Wildman–Crippen LogP) is 3.17. The molecule has 0 amide bonds. The molecule has 114 valence electrons. The molecule has 3 N–H and O–H groups in total. The van der Waals surface area contributed by atoms with Gasteiger partial charge in [0.05, 0.1) is 11.6 Å². The molecule has 2 heterocycles. The standard InChI is InChI=1S/C15H24N6/c1-2-8-16-15-19-13(12-10-18-21-14(12)20-15)17-9-11-6-4-3-5-7-11/h10-11H,2-9H2,1H3,(H3,16,17,18,19,20,21). The Labute approximate surface area is 125 Å². The molecule has 6 nitrogen and oxygen atoms in total. The van der Waals surface area contributed by atoms with Crippen LogP contribution >= 0.6 is 0 Å². The molecule has 0 atom stereocenters. The molecule has 1 aliphatic carbocycles. The predicted molar refractivity (Wildman–Crippen MR) is 85.5 cm³/mol. The summed E-state index contributed by atoms with van der Waals surface area (Å²) >= 11 is 0. The summed E-state index contributed by atoms with van der Waals surface area (Å²) in [6.07, 6.45) is 9.61. The van der Waals surface area contributed by atoms with Gasteiger partial charge in [-0.05, 0) is 25.2 Å². The summed E-state index contributed by atoms with van der Waals surface area (Å²) in [6.45, 7) is 4.00. The Morgan fingerprint density at radius 3 is 2.86 bits per heavy atom. The summed E-state index contributed by atoms with van der Waals surface area (Å²) in [5.41, 5.74) is 0.787. The first kappa shape index (κ1) is 14.1. The number of fused-ring (bicyclic) bond motifs is 1. The van der Waals surface area contributed by atoms with Crippen LogP contribution in [0.4, 0.5) is 11.8 Å². The van der Waals surface area contributed by atoms with E-state index in [2.05, 4.69) is 37.7 Å². The van der Waals surface area contributed by atoms with Crippen molar-refractivity contribution < 1.29 is 0 Å². The number of aromatic nitrogens is 4. The second kappa shape index (κ2) is 6.74. The molecule has 1 aliphatic rings. The lowest BCUT2D eigenvalue weighted by molar-refractivity contribution is 0.373. The second-order valence-electron chi connectivity index (χ2n) is 5.84. The van der Waals surface area contributed by atoms with Gasteiger partial charge in [0.15, 0.2) is 5.65 Å². The number of H-pyrrole nitrogens is 1. The van der Waals surface area contributed by atoms with E-state index < -0.39 is 0 Å². The van der Waals surface area contributed by atoms with E-state index in [1.165, 1.54) is 32.1 Å². The van der Waals surface area contributed by atoms with Gasteiger partial charge in [-0.15, -0.1) is 0 Å². The number of aromatic amines is 1. The van der Waals surface area contributed by atoms with Crippen LogP contribution in [-0.4, -0.2) is 33.3 Å². The average molecular weight is 288 g/mol. The first-order valence-electron chi connectivity index (χ1n) is 8.05. The second-order valence-corrected chi connectivity index (χ2v) is 5.84. The van der Waals surface area contributed by atoms with E-state index in [0.717, 1.165) is 42.3 Å². The van der Waals surface area contributed by atoms with E-state index in [-0.39, 0.29) is 0 Å². The molecule has 1 saturated carbocycles. The van der Waals surface area contributed by atoms with Crippen molar-refractivity contribution in [2.24, 2.45) is 5.92 Å². The molecule has 21 heavy (non-hydrogen) atoms. The highest BCUT2D eigenvalue weighted by molar-refractivity contribution is 5.86. The zero-order valence-corrected chi connectivity index (χ0v) is 12.7. The van der Waals surface area contributed by atoms with Gasteiger partial charge in [-0.25, -0.2) is 0 Å². The largest absolute Gasteiger partial charge is 0.369 e. The fraction of sp³-hybridized carbons (Fsp3) is 0.667. The van der Waals surface area contributed by atoms with Gasteiger partial charge in [-0.2, -0.15) is 15.1 Å². The zero-order chi connectivity index (χ0) is 14.5. The Bertz CT molecular complexity index is 573. The molecule has 0 aromatic carbocycles. The maximum Gasteiger partial charge on any atom is 0.226 e. The molecular formula is C15H24N6. The van der Waals surface area contributed by atoms with Crippen LogP contribution in [0.5, 0.6) is 0 Å². The third kappa shape index (κ3) is 3.43. The average Bonchev–Trinajstić information content (AvgIpc) is 3.00. The van der Waals surface area contributed by atoms with E-state index >= 15 is 0 Å². The van der Waals surface area contributed by atoms with Gasteiger partial charge in [0.1, 0.15) is 5.82 Å². The molecule has 2 aromatic rings. The lowest BCUT2D eigenvalue weighted by Gasteiger charge is -2.22. The molecule has 0 spiro atoms. The molecular weight excluding hydrogens is 264 g/mol. The lowest BCUT2D eigenvalue weighted by Crippen LogP contribution is -2.18. The van der Waals surface area contributed by atoms with Crippen LogP contribution in [0.2, 0.25) is 0 Å². The van der Waals surface area contributed by atoms with Crippen molar-refractivity contribution in [3.63, 3.8) is 0 Å². The number of nitrogens with zero attached hydrogens (tertiary/aromatic N) is 3. The minimum absolute atomic E-state index is 0.666. The van der Waals surface area contributed by atoms with Gasteiger partial charge in [0.25, 0.3) is 0 Å². The summed E-state index contributed by atoms with van der Waals surface area (Å²) < 4.78 is 0. The van der Waals surface area contributed by atoms with Gasteiger partial charge >= 0.3 is 0 Å². The summed E-state index contributed by atoms with van der Waals surface area (Å²) in [6, 6.07) is 0. The van der Waals surface area contributed by atoms with Crippen molar-refractivity contribution in [1.29, 1.82) is 0 Å². The van der Waals surface area contributed by atoms with Crippen molar-refractivity contribution in [3.8, 4) is 0 Å². The van der Waals surface area contributed by atoms with Crippen LogP contribution in [0.3, 0.4) is 0 Å². The highest BCUT2D eigenvalue weighted by atomic mass is 15.2. The van der Waals surface area contributed by atoms with Crippen LogP contribution in [0, 0.1) is 5.92 Å². The van der Waals surface area contributed by atoms with E-state index in [0.29, 0.717) is 5.95 Å². The molecule has 1 fully saturated rings. The van der Waals surface area contributed by atoms with Crippen molar-refractivity contribution in [2.45, 2.75) is 45.4 Å². The summed E-state index contributed by atoms with van der Waals surface area (Å²) in [4.78, 5) is 9.05. The van der Waals surface area contributed by atoms with Gasteiger partial charge in [0.2, 0.25) is 5.95 Å². The molecule has 0 unspecified atom stereocenters. The monoisotopic (exact) mass is 288 g/mol. The summed E-state index contributed by atoms with van der Waals surface area (Å²) in [5.74, 6) is 2.32. The Hall–Kier alpha value is -1.85. The van der Waals surface area contributed by atoms with Crippen LogP contribution in [0.15, 0.2) is 6.20 Å². The van der Waals surface area contributed by atoms with E-state index in [4.69, 9.17) is 0 Å². The summed E-state index contributed by atoms with van der Waals surface area (Å²) in [5, 5.41) is 14.7. The molecule has 6 heteroatoms. The van der Waals surface area contributed by atoms with Crippen molar-refractivity contribution in [1.82, 2.24) is 20.2 Å². The smallest absolute Gasteiger partial charge is 0.226 e. The minimum Gasteiger partial charge on any atom is -0.369 e. The fourth-order valence-corrected chi connectivity index (χ4v) is 2.92. The summed E-state index contributed by atoms with van der Waals surface area (Å²) in [7, 11) is 0. The van der Waals surface area contributed by atoms with Crippen molar-refractivity contribution in [2.75, 3.05) is 23.7 Å². The number of rotatable bonds is 6. The molecule has 0 saturated heterocycles. The van der Waals surface area contributed by atoms with Crippen LogP contribution in [0.1, 0.15) is 45.4 Å². The topological polar surface area (TPSA) is 78.5 Å². The Kier molecular flexibility index (Phi) is 4.52. The quantitative estimate of drug-likeness (QED) is 0.761. The Balaban J connectivity index is 1.73. The van der Waals surface area contributed by atoms with Crippen molar-refractivity contribution in [3.05, 3.63) is 6.20 Å². The zero-order valence-electron chi connectivity index (χ0n) is 12.7. The van der Waals surface area contributed by atoms with Gasteiger partial charge in [0, 0.05) is 13.1 Å². The third-order valence-corrected chi connectivity index (χ3v) is 4.13. The van der Waals surface area contributed by atoms with E-state index in [1.807, 2.05) is 0 Å². The highest BCUT2D eigenvalue weighted by Crippen LogP contribution is 2.25. The lowest BCUT2D eigenvalue weighted by atomic mass is 9.89. The number of hydrogen-bond donors (Lipinski definition) is 3. The molecule has 3 rings (SSSR count). The van der Waals surface area contributed by atoms with Crippen molar-refractivity contribution >= 4 is 22.8 Å². The van der Waals surface area contributed by atoms with Crippen LogP contribution in [0.25, 0.3) is 11.0 Å². The molecule has 0 bridgehead atoms. The Morgan fingerprint density at radius 2 is 2.05 bits per heavy atom. The Morgan fingerprint density at radius 1 is 1.19 bits per heavy atom. The van der Waals surface area contributed by atoms with Crippen LogP contribution < -0.4 is 10.6 Å². The molecule has 2 aromatic heterocycles. The normalized spacial score (nSPS) is 16.2. The number of anilines is 2. The first-order chi connectivity index (χ1) is 10.4. The van der Waals surface area contributed by atoms with Gasteiger partial charge in [-0.1, -0.05) is 26.2 Å². The van der Waals surface area contributed by atoms with Gasteiger partial charge < -0.3 is 10.6 Å². The maximum atomic E-state index is 4.60. The highest BCUT2D eigenvalue weighted by Gasteiger charge is 2.15. The number of hydrogen-bond acceptors (Lipinski definition) is 5. The van der Waals surface area contributed by atoms with Gasteiger partial charge in [-0.3, -0.25) is 5.10 Å². The molecule has 0 radical (unpaired) electrons. The fourth-order valence-electron chi connectivity index (χ4n) is 2.92. The molecule has 0 aliphatic heterocycles. The van der Waals surface area contributed by atoms with Crippen LogP contribution in [-0.2, 0) is 0 Å². The third-order valence-electron chi connectivity index (χ3n) is 4.13. The maximum absolute atomic E-state index is 4.60. The SMILES string of the molecule is CCCNc1nc(NCC2CCCCC2)c2cn[nH]c2n1. The van der Waals surface area contributed by atoms with E-state index in [1.54, 1.807) is 6.20 Å².